The molecule has 15 heavy (non-hydrogen) atoms. The minimum Gasteiger partial charge on any atom is -0.328 e. The quantitative estimate of drug-likeness (QED) is 0.829. The van der Waals surface area contributed by atoms with E-state index in [1.807, 2.05) is 6.92 Å². The number of benzene rings is 1. The van der Waals surface area contributed by atoms with Crippen LogP contribution in [0.4, 0.5) is 5.69 Å². The molecule has 82 valence electrons. The number of amides is 1. The van der Waals surface area contributed by atoms with E-state index in [0.717, 1.165) is 5.69 Å². The minimum atomic E-state index is -0.0328. The van der Waals surface area contributed by atoms with Crippen LogP contribution in [-0.4, -0.2) is 11.9 Å². The number of hydrogen-bond acceptors (Lipinski definition) is 2. The fourth-order valence-corrected chi connectivity index (χ4v) is 1.34. The molecule has 0 aliphatic heterocycles. The number of halogens is 1. The summed E-state index contributed by atoms with van der Waals surface area (Å²) in [5, 5.41) is 3.37. The molecule has 0 aliphatic carbocycles. The number of carbonyl (C=O) groups is 1. The summed E-state index contributed by atoms with van der Waals surface area (Å²) in [5.74, 6) is -0.0328. The molecular formula is C11H15ClN2O. The molecular weight excluding hydrogens is 212 g/mol. The van der Waals surface area contributed by atoms with Gasteiger partial charge in [0.1, 0.15) is 0 Å². The van der Waals surface area contributed by atoms with Crippen LogP contribution in [0.1, 0.15) is 19.8 Å². The van der Waals surface area contributed by atoms with Crippen molar-refractivity contribution in [3.8, 4) is 0 Å². The second kappa shape index (κ2) is 5.73. The molecule has 1 atom stereocenters. The number of hydrogen-bond donors (Lipinski definition) is 2. The number of rotatable bonds is 4. The number of carbonyl (C=O) groups excluding carboxylic acids is 1. The van der Waals surface area contributed by atoms with Crippen LogP contribution in [0.25, 0.3) is 0 Å². The molecule has 1 amide bonds. The van der Waals surface area contributed by atoms with Crippen LogP contribution in [0.15, 0.2) is 24.3 Å². The van der Waals surface area contributed by atoms with Crippen LogP contribution in [0.3, 0.4) is 0 Å². The minimum absolute atomic E-state index is 0.0328. The van der Waals surface area contributed by atoms with Crippen LogP contribution in [0, 0.1) is 0 Å². The van der Waals surface area contributed by atoms with E-state index in [0.29, 0.717) is 17.9 Å². The van der Waals surface area contributed by atoms with Crippen molar-refractivity contribution in [1.29, 1.82) is 0 Å². The number of anilines is 1. The van der Waals surface area contributed by atoms with Gasteiger partial charge in [-0.25, -0.2) is 0 Å². The van der Waals surface area contributed by atoms with Gasteiger partial charge in [0.2, 0.25) is 5.91 Å². The van der Waals surface area contributed by atoms with E-state index in [1.165, 1.54) is 0 Å². The second-order valence-corrected chi connectivity index (χ2v) is 4.01. The molecule has 0 heterocycles. The van der Waals surface area contributed by atoms with Gasteiger partial charge < -0.3 is 11.1 Å². The van der Waals surface area contributed by atoms with E-state index in [-0.39, 0.29) is 11.9 Å². The van der Waals surface area contributed by atoms with Crippen LogP contribution >= 0.6 is 11.6 Å². The Morgan fingerprint density at radius 2 is 2.33 bits per heavy atom. The molecule has 1 rings (SSSR count). The molecule has 0 fully saturated rings. The summed E-state index contributed by atoms with van der Waals surface area (Å²) in [6, 6.07) is 7.12. The van der Waals surface area contributed by atoms with Crippen molar-refractivity contribution in [2.45, 2.75) is 25.8 Å². The summed E-state index contributed by atoms with van der Waals surface area (Å²) < 4.78 is 0. The molecule has 0 aliphatic rings. The number of nitrogens with one attached hydrogen (secondary N) is 1. The standard InChI is InChI=1S/C11H15ClN2O/c1-8(13)5-6-11(15)14-10-4-2-3-9(12)7-10/h2-4,7-8H,5-6,13H2,1H3,(H,14,15). The average Bonchev–Trinajstić information content (AvgIpc) is 2.15. The molecule has 0 saturated carbocycles. The van der Waals surface area contributed by atoms with E-state index in [1.54, 1.807) is 24.3 Å². The zero-order valence-corrected chi connectivity index (χ0v) is 9.42. The molecule has 0 spiro atoms. The topological polar surface area (TPSA) is 55.1 Å². The Hall–Kier alpha value is -1.06. The van der Waals surface area contributed by atoms with E-state index in [9.17, 15) is 4.79 Å². The molecule has 4 heteroatoms. The summed E-state index contributed by atoms with van der Waals surface area (Å²) in [6.07, 6.45) is 1.12. The Balaban J connectivity index is 2.44. The van der Waals surface area contributed by atoms with E-state index >= 15 is 0 Å². The zero-order valence-electron chi connectivity index (χ0n) is 8.66. The first-order valence-electron chi connectivity index (χ1n) is 4.89. The lowest BCUT2D eigenvalue weighted by Crippen LogP contribution is -2.19. The van der Waals surface area contributed by atoms with Crippen molar-refractivity contribution in [2.75, 3.05) is 5.32 Å². The van der Waals surface area contributed by atoms with Gasteiger partial charge in [-0.3, -0.25) is 4.79 Å². The Morgan fingerprint density at radius 1 is 1.60 bits per heavy atom. The molecule has 1 aromatic carbocycles. The van der Waals surface area contributed by atoms with Gasteiger partial charge in [0, 0.05) is 23.2 Å². The highest BCUT2D eigenvalue weighted by atomic mass is 35.5. The fraction of sp³-hybridized carbons (Fsp3) is 0.364. The summed E-state index contributed by atoms with van der Waals surface area (Å²) in [6.45, 7) is 1.88. The smallest absolute Gasteiger partial charge is 0.224 e. The van der Waals surface area contributed by atoms with Gasteiger partial charge in [-0.2, -0.15) is 0 Å². The molecule has 1 aromatic rings. The van der Waals surface area contributed by atoms with E-state index in [4.69, 9.17) is 17.3 Å². The average molecular weight is 227 g/mol. The first kappa shape index (κ1) is 12.0. The monoisotopic (exact) mass is 226 g/mol. The van der Waals surface area contributed by atoms with Gasteiger partial charge in [-0.15, -0.1) is 0 Å². The molecule has 0 aromatic heterocycles. The van der Waals surface area contributed by atoms with Gasteiger partial charge in [0.15, 0.2) is 0 Å². The van der Waals surface area contributed by atoms with E-state index in [2.05, 4.69) is 5.32 Å². The Kier molecular flexibility index (Phi) is 4.59. The Bertz CT molecular complexity index is 339. The lowest BCUT2D eigenvalue weighted by atomic mass is 10.2. The van der Waals surface area contributed by atoms with Gasteiger partial charge in [0.25, 0.3) is 0 Å². The highest BCUT2D eigenvalue weighted by molar-refractivity contribution is 6.30. The van der Waals surface area contributed by atoms with Crippen molar-refractivity contribution >= 4 is 23.2 Å². The molecule has 3 N–H and O–H groups in total. The van der Waals surface area contributed by atoms with Crippen LogP contribution in [0.2, 0.25) is 5.02 Å². The predicted octanol–water partition coefficient (Wildman–Crippen LogP) is 2.41. The maximum atomic E-state index is 11.4. The lowest BCUT2D eigenvalue weighted by Gasteiger charge is -2.06. The summed E-state index contributed by atoms with van der Waals surface area (Å²) in [4.78, 5) is 11.4. The Labute approximate surface area is 94.6 Å². The van der Waals surface area contributed by atoms with E-state index < -0.39 is 0 Å². The zero-order chi connectivity index (χ0) is 11.3. The predicted molar refractivity (Wildman–Crippen MR) is 63.0 cm³/mol. The Morgan fingerprint density at radius 3 is 2.93 bits per heavy atom. The third-order valence-corrected chi connectivity index (χ3v) is 2.17. The van der Waals surface area contributed by atoms with Crippen molar-refractivity contribution in [3.05, 3.63) is 29.3 Å². The van der Waals surface area contributed by atoms with Crippen LogP contribution < -0.4 is 11.1 Å². The highest BCUT2D eigenvalue weighted by Crippen LogP contribution is 2.15. The molecule has 0 bridgehead atoms. The molecule has 0 radical (unpaired) electrons. The summed E-state index contributed by atoms with van der Waals surface area (Å²) >= 11 is 5.78. The normalized spacial score (nSPS) is 12.2. The van der Waals surface area contributed by atoms with Crippen molar-refractivity contribution in [1.82, 2.24) is 0 Å². The molecule has 1 unspecified atom stereocenters. The first-order valence-corrected chi connectivity index (χ1v) is 5.26. The lowest BCUT2D eigenvalue weighted by molar-refractivity contribution is -0.116. The van der Waals surface area contributed by atoms with Gasteiger partial charge in [0.05, 0.1) is 0 Å². The SMILES string of the molecule is CC(N)CCC(=O)Nc1cccc(Cl)c1. The van der Waals surface area contributed by atoms with Gasteiger partial charge in [-0.1, -0.05) is 17.7 Å². The second-order valence-electron chi connectivity index (χ2n) is 3.57. The third kappa shape index (κ3) is 4.81. The van der Waals surface area contributed by atoms with Crippen molar-refractivity contribution < 1.29 is 4.79 Å². The maximum Gasteiger partial charge on any atom is 0.224 e. The third-order valence-electron chi connectivity index (χ3n) is 1.94. The fourth-order valence-electron chi connectivity index (χ4n) is 1.15. The van der Waals surface area contributed by atoms with Gasteiger partial charge in [-0.05, 0) is 31.5 Å². The first-order chi connectivity index (χ1) is 7.08. The van der Waals surface area contributed by atoms with Crippen molar-refractivity contribution in [3.63, 3.8) is 0 Å². The highest BCUT2D eigenvalue weighted by Gasteiger charge is 2.04. The largest absolute Gasteiger partial charge is 0.328 e. The summed E-state index contributed by atoms with van der Waals surface area (Å²) in [7, 11) is 0. The van der Waals surface area contributed by atoms with Gasteiger partial charge >= 0.3 is 0 Å². The summed E-state index contributed by atoms with van der Waals surface area (Å²) in [5.41, 5.74) is 6.28. The van der Waals surface area contributed by atoms with Crippen molar-refractivity contribution in [2.24, 2.45) is 5.73 Å². The molecule has 3 nitrogen and oxygen atoms in total. The number of nitrogens with two attached hydrogens (primary N) is 1. The molecule has 0 saturated heterocycles. The van der Waals surface area contributed by atoms with Crippen LogP contribution in [0.5, 0.6) is 0 Å². The maximum absolute atomic E-state index is 11.4. The van der Waals surface area contributed by atoms with Crippen LogP contribution in [-0.2, 0) is 4.79 Å².